The lowest BCUT2D eigenvalue weighted by Crippen LogP contribution is -2.65. The first-order valence-corrected chi connectivity index (χ1v) is 18.9. The highest BCUT2D eigenvalue weighted by atomic mass is 35.5. The second kappa shape index (κ2) is 16.4. The number of nitrogens with one attached hydrogen (secondary N) is 1. The van der Waals surface area contributed by atoms with E-state index in [1.807, 2.05) is 40.7 Å². The maximum Gasteiger partial charge on any atom is 0.409 e. The van der Waals surface area contributed by atoms with E-state index in [4.69, 9.17) is 35.3 Å². The number of likely N-dealkylation sites (N-methyl/N-ethyl adjacent to an activating group) is 1. The predicted octanol–water partition coefficient (Wildman–Crippen LogP) is 5.39. The lowest BCUT2D eigenvalue weighted by atomic mass is 9.73. The van der Waals surface area contributed by atoms with Gasteiger partial charge in [-0.3, -0.25) is 14.9 Å². The topological polar surface area (TPSA) is 156 Å². The molecular formula is C39H56ClN3O10S. The number of methoxy groups -OCH3 is 2. The van der Waals surface area contributed by atoms with Gasteiger partial charge in [-0.15, -0.1) is 0 Å². The average molecular weight is 794 g/mol. The first-order valence-electron chi connectivity index (χ1n) is 18.0. The predicted molar refractivity (Wildman–Crippen MR) is 208 cm³/mol. The second-order valence-corrected chi connectivity index (χ2v) is 17.7. The minimum atomic E-state index is -1.85. The number of aliphatic hydroxyl groups is 1. The summed E-state index contributed by atoms with van der Waals surface area (Å²) in [7, 11) is 6.03. The van der Waals surface area contributed by atoms with Crippen LogP contribution in [0.15, 0.2) is 35.9 Å². The van der Waals surface area contributed by atoms with Crippen molar-refractivity contribution in [2.24, 2.45) is 5.41 Å². The molecule has 7 unspecified atom stereocenters. The van der Waals surface area contributed by atoms with Crippen LogP contribution in [0.4, 0.5) is 10.5 Å². The summed E-state index contributed by atoms with van der Waals surface area (Å²) in [6.07, 6.45) is 1.42. The number of rotatable bonds is 8. The molecule has 1 aromatic carbocycles. The molecule has 2 saturated heterocycles. The summed E-state index contributed by atoms with van der Waals surface area (Å²) in [6.45, 7) is 12.7. The molecule has 0 aromatic heterocycles. The quantitative estimate of drug-likeness (QED) is 0.177. The molecule has 300 valence electrons. The Morgan fingerprint density at radius 3 is 2.50 bits per heavy atom. The fourth-order valence-electron chi connectivity index (χ4n) is 7.10. The van der Waals surface area contributed by atoms with Crippen molar-refractivity contribution in [3.63, 3.8) is 0 Å². The van der Waals surface area contributed by atoms with E-state index in [2.05, 4.69) is 17.9 Å². The van der Waals surface area contributed by atoms with E-state index in [1.165, 1.54) is 31.1 Å². The second-order valence-electron chi connectivity index (χ2n) is 16.1. The standard InChI is InChI=1S/C39H56ClN3O10S/c1-22-13-12-14-27(50-11)39(48)21-29(52-35(47)41-39)37(5,6)34-38(7,53-34)28(51-33(46)23(2)42(8)30(44)15-16-36(3,4)54)20-31(45)43(9)25-18-24(17-22)19-26(49-10)32(25)40/h12-14,18-19,23,27-29,34,48,54H,15-17,20-21H2,1-11H3,(H,41,47)/b14-12-,22-13+. The number of hydrogen-bond acceptors (Lipinski definition) is 11. The number of epoxide rings is 1. The number of thiol groups is 1. The molecule has 15 heteroatoms. The lowest BCUT2D eigenvalue weighted by Gasteiger charge is -2.45. The van der Waals surface area contributed by atoms with Crippen LogP contribution < -0.4 is 15.0 Å². The van der Waals surface area contributed by atoms with E-state index < -0.39 is 65.2 Å². The summed E-state index contributed by atoms with van der Waals surface area (Å²) >= 11 is 11.3. The normalized spacial score (nSPS) is 30.8. The molecule has 54 heavy (non-hydrogen) atoms. The number of esters is 1. The number of benzene rings is 1. The third-order valence-electron chi connectivity index (χ3n) is 10.8. The number of hydrogen-bond donors (Lipinski definition) is 3. The monoisotopic (exact) mass is 793 g/mol. The number of carbonyl (C=O) groups is 4. The molecule has 4 rings (SSSR count). The van der Waals surface area contributed by atoms with Crippen molar-refractivity contribution in [2.75, 3.05) is 33.2 Å². The number of nitrogens with zero attached hydrogens (tertiary/aromatic N) is 2. The Hall–Kier alpha value is -3.30. The van der Waals surface area contributed by atoms with Crippen molar-refractivity contribution >= 4 is 53.8 Å². The summed E-state index contributed by atoms with van der Waals surface area (Å²) in [5.41, 5.74) is -1.97. The van der Waals surface area contributed by atoms with E-state index in [0.717, 1.165) is 11.1 Å². The molecule has 4 bridgehead atoms. The smallest absolute Gasteiger partial charge is 0.409 e. The highest BCUT2D eigenvalue weighted by Crippen LogP contribution is 2.54. The summed E-state index contributed by atoms with van der Waals surface area (Å²) in [6, 6.07) is 2.59. The summed E-state index contributed by atoms with van der Waals surface area (Å²) < 4.78 is 29.1. The number of alkyl carbamates (subject to hydrolysis) is 1. The van der Waals surface area contributed by atoms with Crippen LogP contribution in [0.25, 0.3) is 0 Å². The third kappa shape index (κ3) is 9.55. The Balaban J connectivity index is 1.78. The fourth-order valence-corrected chi connectivity index (χ4v) is 7.52. The molecule has 1 aromatic rings. The van der Waals surface area contributed by atoms with Gasteiger partial charge >= 0.3 is 12.1 Å². The molecule has 2 fully saturated rings. The van der Waals surface area contributed by atoms with Gasteiger partial charge in [0.2, 0.25) is 11.8 Å². The Morgan fingerprint density at radius 1 is 1.22 bits per heavy atom. The molecule has 3 amide bonds. The van der Waals surface area contributed by atoms with Crippen LogP contribution in [0.5, 0.6) is 5.75 Å². The van der Waals surface area contributed by atoms with Crippen LogP contribution in [0.2, 0.25) is 5.02 Å². The molecule has 2 N–H and O–H groups in total. The average Bonchev–Trinajstić information content (AvgIpc) is 3.80. The molecule has 13 nitrogen and oxygen atoms in total. The molecule has 3 heterocycles. The zero-order valence-electron chi connectivity index (χ0n) is 33.2. The van der Waals surface area contributed by atoms with Crippen LogP contribution in [0, 0.1) is 5.41 Å². The van der Waals surface area contributed by atoms with E-state index >= 15 is 0 Å². The number of anilines is 1. The SMILES string of the molecule is COc1cc2cc(c1Cl)N(C)C(=O)CC(OC(=O)C(C)N(C)C(=O)CCC(C)(C)S)C1(C)OC1C(C)(C)C1CC(O)(NC(=O)O1)C(OC)/C=C\C=C(/C)C2. The Morgan fingerprint density at radius 2 is 1.89 bits per heavy atom. The van der Waals surface area contributed by atoms with E-state index in [-0.39, 0.29) is 34.9 Å². The van der Waals surface area contributed by atoms with Gasteiger partial charge in [0, 0.05) is 44.2 Å². The van der Waals surface area contributed by atoms with Gasteiger partial charge in [0.1, 0.15) is 40.7 Å². The van der Waals surface area contributed by atoms with Crippen molar-refractivity contribution in [3.05, 3.63) is 46.5 Å². The maximum absolute atomic E-state index is 14.2. The number of halogens is 1. The van der Waals surface area contributed by atoms with Crippen LogP contribution in [0.3, 0.4) is 0 Å². The van der Waals surface area contributed by atoms with Gasteiger partial charge in [-0.1, -0.05) is 63.1 Å². The van der Waals surface area contributed by atoms with Crippen LogP contribution in [-0.2, 0) is 39.8 Å². The minimum Gasteiger partial charge on any atom is -0.495 e. The highest BCUT2D eigenvalue weighted by molar-refractivity contribution is 7.81. The number of fused-ring (bicyclic) bond motifs is 5. The van der Waals surface area contributed by atoms with Gasteiger partial charge in [-0.25, -0.2) is 9.59 Å². The Bertz CT molecular complexity index is 1680. The summed E-state index contributed by atoms with van der Waals surface area (Å²) in [4.78, 5) is 56.8. The van der Waals surface area contributed by atoms with Gasteiger partial charge < -0.3 is 38.6 Å². The molecule has 0 radical (unpaired) electrons. The van der Waals surface area contributed by atoms with Crippen LogP contribution in [0.1, 0.15) is 79.7 Å². The number of amides is 3. The van der Waals surface area contributed by atoms with Crippen molar-refractivity contribution < 1.29 is 48.0 Å². The van der Waals surface area contributed by atoms with Crippen molar-refractivity contribution in [1.82, 2.24) is 10.2 Å². The van der Waals surface area contributed by atoms with Gasteiger partial charge in [-0.05, 0) is 51.3 Å². The number of ether oxygens (including phenoxy) is 5. The van der Waals surface area contributed by atoms with Gasteiger partial charge in [-0.2, -0.15) is 12.6 Å². The molecule has 7 atom stereocenters. The van der Waals surface area contributed by atoms with E-state index in [1.54, 1.807) is 45.2 Å². The lowest BCUT2D eigenvalue weighted by molar-refractivity contribution is -0.162. The van der Waals surface area contributed by atoms with E-state index in [0.29, 0.717) is 24.3 Å². The van der Waals surface area contributed by atoms with Gasteiger partial charge in [0.05, 0.1) is 25.3 Å². The van der Waals surface area contributed by atoms with E-state index in [9.17, 15) is 24.3 Å². The fraction of sp³-hybridized carbons (Fsp3) is 0.641. The summed E-state index contributed by atoms with van der Waals surface area (Å²) in [5.74, 6) is -1.06. The first kappa shape index (κ1) is 43.4. The van der Waals surface area contributed by atoms with Crippen LogP contribution >= 0.6 is 24.2 Å². The van der Waals surface area contributed by atoms with Gasteiger partial charge in [0.25, 0.3) is 0 Å². The molecule has 0 spiro atoms. The highest BCUT2D eigenvalue weighted by Gasteiger charge is 2.68. The Labute approximate surface area is 329 Å². The molecule has 3 aliphatic rings. The van der Waals surface area contributed by atoms with Crippen molar-refractivity contribution in [2.45, 2.75) is 127 Å². The number of carbonyl (C=O) groups excluding carboxylic acids is 4. The Kier molecular flexibility index (Phi) is 13.2. The van der Waals surface area contributed by atoms with Crippen molar-refractivity contribution in [1.29, 1.82) is 0 Å². The zero-order valence-corrected chi connectivity index (χ0v) is 34.8. The maximum atomic E-state index is 14.2. The largest absolute Gasteiger partial charge is 0.495 e. The van der Waals surface area contributed by atoms with Gasteiger partial charge in [0.15, 0.2) is 5.72 Å². The summed E-state index contributed by atoms with van der Waals surface area (Å²) in [5, 5.41) is 14.6. The third-order valence-corrected chi connectivity index (χ3v) is 11.4. The molecule has 3 aliphatic heterocycles. The minimum absolute atomic E-state index is 0.0729. The first-order chi connectivity index (χ1) is 25.0. The molecular weight excluding hydrogens is 738 g/mol. The number of allylic oxidation sites excluding steroid dienone is 3. The molecule has 0 aliphatic carbocycles. The molecule has 0 saturated carbocycles. The van der Waals surface area contributed by atoms with Crippen molar-refractivity contribution in [3.8, 4) is 5.75 Å². The van der Waals surface area contributed by atoms with Crippen LogP contribution in [-0.4, -0.2) is 109 Å². The zero-order chi connectivity index (χ0) is 40.6.